The van der Waals surface area contributed by atoms with E-state index < -0.39 is 10.0 Å². The fraction of sp³-hybridized carbons (Fsp3) is 0.250. The Kier molecular flexibility index (Phi) is 4.78. The van der Waals surface area contributed by atoms with Crippen LogP contribution in [0.2, 0.25) is 0 Å². The van der Waals surface area contributed by atoms with Crippen LogP contribution in [-0.2, 0) is 23.7 Å². The predicted octanol–water partition coefficient (Wildman–Crippen LogP) is 2.87. The fourth-order valence-electron chi connectivity index (χ4n) is 2.27. The van der Waals surface area contributed by atoms with Gasteiger partial charge in [0.2, 0.25) is 0 Å². The molecular formula is C16H18N4O3S2. The van der Waals surface area contributed by atoms with Gasteiger partial charge < -0.3 is 9.30 Å². The van der Waals surface area contributed by atoms with Crippen molar-refractivity contribution in [3.63, 3.8) is 0 Å². The largest absolute Gasteiger partial charge is 0.486 e. The molecule has 0 saturated carbocycles. The van der Waals surface area contributed by atoms with E-state index in [0.717, 1.165) is 22.2 Å². The number of rotatable bonds is 6. The summed E-state index contributed by atoms with van der Waals surface area (Å²) < 4.78 is 35.2. The number of benzene rings is 1. The van der Waals surface area contributed by atoms with Gasteiger partial charge in [-0.05, 0) is 38.1 Å². The van der Waals surface area contributed by atoms with E-state index in [9.17, 15) is 8.42 Å². The van der Waals surface area contributed by atoms with Crippen LogP contribution in [0.15, 0.2) is 40.9 Å². The average Bonchev–Trinajstić information content (AvgIpc) is 3.11. The fourth-order valence-corrected chi connectivity index (χ4v) is 4.81. The molecule has 132 valence electrons. The summed E-state index contributed by atoms with van der Waals surface area (Å²) in [7, 11) is -1.74. The predicted molar refractivity (Wildman–Crippen MR) is 96.4 cm³/mol. The molecule has 7 nitrogen and oxygen atoms in total. The van der Waals surface area contributed by atoms with Gasteiger partial charge in [-0.25, -0.2) is 18.4 Å². The van der Waals surface area contributed by atoms with Crippen LogP contribution in [0.1, 0.15) is 16.5 Å². The lowest BCUT2D eigenvalue weighted by Gasteiger charge is -2.09. The van der Waals surface area contributed by atoms with Crippen molar-refractivity contribution in [2.24, 2.45) is 7.05 Å². The molecule has 0 radical (unpaired) electrons. The third-order valence-corrected chi connectivity index (χ3v) is 6.56. The Hall–Kier alpha value is -2.39. The topological polar surface area (TPSA) is 86.1 Å². The average molecular weight is 378 g/mol. The number of sulfonamides is 1. The monoisotopic (exact) mass is 378 g/mol. The normalized spacial score (nSPS) is 11.5. The maximum Gasteiger partial charge on any atom is 0.273 e. The quantitative estimate of drug-likeness (QED) is 0.713. The third kappa shape index (κ3) is 3.99. The number of ether oxygens (including phenoxy) is 1. The molecule has 1 aromatic carbocycles. The summed E-state index contributed by atoms with van der Waals surface area (Å²) in [5.41, 5.74) is 0.972. The molecule has 0 atom stereocenters. The lowest BCUT2D eigenvalue weighted by atomic mass is 10.3. The molecule has 2 aromatic heterocycles. The van der Waals surface area contributed by atoms with Gasteiger partial charge in [0, 0.05) is 25.1 Å². The van der Waals surface area contributed by atoms with Crippen molar-refractivity contribution in [2.45, 2.75) is 24.7 Å². The van der Waals surface area contributed by atoms with Gasteiger partial charge in [-0.2, -0.15) is 0 Å². The Labute approximate surface area is 150 Å². The second-order valence-corrected chi connectivity index (χ2v) is 8.56. The lowest BCUT2D eigenvalue weighted by molar-refractivity contribution is 0.292. The summed E-state index contributed by atoms with van der Waals surface area (Å²) in [6.07, 6.45) is 3.55. The van der Waals surface area contributed by atoms with Gasteiger partial charge in [-0.1, -0.05) is 0 Å². The first kappa shape index (κ1) is 17.4. The zero-order valence-electron chi connectivity index (χ0n) is 14.1. The van der Waals surface area contributed by atoms with Gasteiger partial charge in [-0.3, -0.25) is 4.72 Å². The van der Waals surface area contributed by atoms with Gasteiger partial charge >= 0.3 is 0 Å². The van der Waals surface area contributed by atoms with Crippen molar-refractivity contribution in [3.8, 4) is 5.75 Å². The van der Waals surface area contributed by atoms with Crippen molar-refractivity contribution in [2.75, 3.05) is 4.72 Å². The molecule has 3 rings (SSSR count). The number of anilines is 1. The molecule has 2 heterocycles. The minimum absolute atomic E-state index is 0.236. The Morgan fingerprint density at radius 2 is 1.96 bits per heavy atom. The second kappa shape index (κ2) is 6.85. The van der Waals surface area contributed by atoms with Crippen molar-refractivity contribution in [1.29, 1.82) is 0 Å². The molecule has 0 aliphatic carbocycles. The maximum absolute atomic E-state index is 12.5. The molecule has 9 heteroatoms. The summed E-state index contributed by atoms with van der Waals surface area (Å²) in [4.78, 5) is 8.34. The van der Waals surface area contributed by atoms with E-state index in [0.29, 0.717) is 23.7 Å². The van der Waals surface area contributed by atoms with Crippen molar-refractivity contribution in [3.05, 3.63) is 53.2 Å². The van der Waals surface area contributed by atoms with Crippen molar-refractivity contribution >= 4 is 27.0 Å². The molecule has 0 fully saturated rings. The molecule has 0 aliphatic heterocycles. The van der Waals surface area contributed by atoms with Crippen LogP contribution in [0.4, 0.5) is 5.69 Å². The van der Waals surface area contributed by atoms with Crippen LogP contribution in [0.25, 0.3) is 0 Å². The van der Waals surface area contributed by atoms with Gasteiger partial charge in [0.25, 0.3) is 10.0 Å². The highest BCUT2D eigenvalue weighted by Crippen LogP contribution is 2.26. The second-order valence-electron chi connectivity index (χ2n) is 5.48. The van der Waals surface area contributed by atoms with E-state index >= 15 is 0 Å². The molecule has 25 heavy (non-hydrogen) atoms. The number of thiazole rings is 1. The van der Waals surface area contributed by atoms with Gasteiger partial charge in [0.15, 0.2) is 4.21 Å². The molecule has 0 spiro atoms. The van der Waals surface area contributed by atoms with E-state index in [1.807, 2.05) is 17.8 Å². The Morgan fingerprint density at radius 1 is 1.24 bits per heavy atom. The first-order valence-electron chi connectivity index (χ1n) is 7.51. The number of hydrogen-bond acceptors (Lipinski definition) is 6. The molecule has 0 saturated heterocycles. The number of aromatic nitrogens is 3. The van der Waals surface area contributed by atoms with Crippen LogP contribution >= 0.6 is 11.3 Å². The molecule has 1 N–H and O–H groups in total. The Balaban J connectivity index is 1.68. The van der Waals surface area contributed by atoms with Gasteiger partial charge in [0.05, 0.1) is 10.7 Å². The summed E-state index contributed by atoms with van der Waals surface area (Å²) in [5, 5.41) is 0.718. The van der Waals surface area contributed by atoms with Crippen LogP contribution in [-0.4, -0.2) is 23.0 Å². The summed E-state index contributed by atoms with van der Waals surface area (Å²) >= 11 is 1.16. The molecule has 0 amide bonds. The van der Waals surface area contributed by atoms with Crippen molar-refractivity contribution in [1.82, 2.24) is 14.5 Å². The van der Waals surface area contributed by atoms with Crippen molar-refractivity contribution < 1.29 is 13.2 Å². The van der Waals surface area contributed by atoms with E-state index in [-0.39, 0.29) is 4.21 Å². The molecule has 3 aromatic rings. The highest BCUT2D eigenvalue weighted by atomic mass is 32.2. The molecule has 0 aliphatic rings. The lowest BCUT2D eigenvalue weighted by Crippen LogP contribution is -2.12. The van der Waals surface area contributed by atoms with E-state index in [1.165, 1.54) is 0 Å². The minimum atomic E-state index is -3.64. The molecular weight excluding hydrogens is 360 g/mol. The zero-order chi connectivity index (χ0) is 18.0. The Bertz CT molecular complexity index is 975. The smallest absolute Gasteiger partial charge is 0.273 e. The minimum Gasteiger partial charge on any atom is -0.486 e. The number of imidazole rings is 1. The summed E-state index contributed by atoms with van der Waals surface area (Å²) in [6, 6.07) is 6.75. The maximum atomic E-state index is 12.5. The van der Waals surface area contributed by atoms with Crippen LogP contribution in [0.3, 0.4) is 0 Å². The third-order valence-electron chi connectivity index (χ3n) is 3.50. The highest BCUT2D eigenvalue weighted by molar-refractivity contribution is 7.94. The molecule has 0 bridgehead atoms. The number of hydrogen-bond donors (Lipinski definition) is 1. The highest BCUT2D eigenvalue weighted by Gasteiger charge is 2.20. The number of nitrogens with zero attached hydrogens (tertiary/aromatic N) is 3. The van der Waals surface area contributed by atoms with Crippen LogP contribution in [0, 0.1) is 13.8 Å². The van der Waals surface area contributed by atoms with Gasteiger partial charge in [-0.15, -0.1) is 11.3 Å². The summed E-state index contributed by atoms with van der Waals surface area (Å²) in [5.74, 6) is 1.44. The zero-order valence-corrected chi connectivity index (χ0v) is 15.7. The number of nitrogens with one attached hydrogen (secondary N) is 1. The van der Waals surface area contributed by atoms with E-state index in [4.69, 9.17) is 4.74 Å². The van der Waals surface area contributed by atoms with E-state index in [2.05, 4.69) is 14.7 Å². The molecule has 0 unspecified atom stereocenters. The first-order chi connectivity index (χ1) is 11.8. The van der Waals surface area contributed by atoms with E-state index in [1.54, 1.807) is 44.3 Å². The van der Waals surface area contributed by atoms with Crippen LogP contribution in [0.5, 0.6) is 5.75 Å². The Morgan fingerprint density at radius 3 is 2.52 bits per heavy atom. The summed E-state index contributed by atoms with van der Waals surface area (Å²) in [6.45, 7) is 3.81. The first-order valence-corrected chi connectivity index (χ1v) is 9.81. The number of aryl methyl sites for hydroxylation is 3. The van der Waals surface area contributed by atoms with Gasteiger partial charge in [0.1, 0.15) is 18.2 Å². The SMILES string of the molecule is Cc1nc(C)c(S(=O)(=O)Nc2ccc(OCc3nccn3C)cc2)s1. The van der Waals surface area contributed by atoms with Crippen LogP contribution < -0.4 is 9.46 Å². The standard InChI is InChI=1S/C16H18N4O3S2/c1-11-16(24-12(2)18-11)25(21,22)19-13-4-6-14(7-5-13)23-10-15-17-8-9-20(15)3/h4-9,19H,10H2,1-3H3.